The Morgan fingerprint density at radius 1 is 1.37 bits per heavy atom. The molecule has 6 nitrogen and oxygen atoms in total. The molecule has 2 N–H and O–H groups in total. The Morgan fingerprint density at radius 3 is 2.89 bits per heavy atom. The highest BCUT2D eigenvalue weighted by Crippen LogP contribution is 2.02. The third-order valence-electron chi connectivity index (χ3n) is 2.59. The van der Waals surface area contributed by atoms with Crippen molar-refractivity contribution in [3.05, 3.63) is 28.9 Å². The molecule has 1 aliphatic heterocycles. The number of rotatable bonds is 6. The molecule has 0 aliphatic carbocycles. The lowest BCUT2D eigenvalue weighted by Crippen LogP contribution is -2.36. The molecule has 0 aromatic heterocycles. The first-order chi connectivity index (χ1) is 9.06. The van der Waals surface area contributed by atoms with Gasteiger partial charge in [0.25, 0.3) is 0 Å². The maximum absolute atomic E-state index is 11.1. The molecule has 0 saturated carbocycles. The molecular formula is C13H17N3O3. The van der Waals surface area contributed by atoms with E-state index >= 15 is 0 Å². The van der Waals surface area contributed by atoms with Crippen molar-refractivity contribution in [1.29, 1.82) is 0 Å². The van der Waals surface area contributed by atoms with Gasteiger partial charge in [0.05, 0.1) is 5.36 Å². The summed E-state index contributed by atoms with van der Waals surface area (Å²) in [4.78, 5) is 18.6. The van der Waals surface area contributed by atoms with Crippen LogP contribution in [0.1, 0.15) is 13.8 Å². The second kappa shape index (κ2) is 5.90. The third-order valence-corrected chi connectivity index (χ3v) is 2.59. The molecular weight excluding hydrogens is 246 g/mol. The molecule has 1 aliphatic rings. The van der Waals surface area contributed by atoms with Crippen LogP contribution in [0.4, 0.5) is 4.79 Å². The van der Waals surface area contributed by atoms with E-state index in [2.05, 4.69) is 15.3 Å². The molecule has 0 spiro atoms. The Morgan fingerprint density at radius 2 is 2.16 bits per heavy atom. The van der Waals surface area contributed by atoms with Crippen molar-refractivity contribution in [2.45, 2.75) is 26.0 Å². The fraction of sp³-hybridized carbons (Fsp3) is 0.462. The highest BCUT2D eigenvalue weighted by molar-refractivity contribution is 5.77. The molecule has 0 bridgehead atoms. The van der Waals surface area contributed by atoms with Gasteiger partial charge >= 0.3 is 6.03 Å². The number of carbonyl (C=O) groups is 1. The zero-order chi connectivity index (χ0) is 13.8. The Hall–Kier alpha value is -1.79. The smallest absolute Gasteiger partial charge is 0.368 e. The first-order valence-corrected chi connectivity index (χ1v) is 6.21. The predicted molar refractivity (Wildman–Crippen MR) is 68.8 cm³/mol. The topological polar surface area (TPSA) is 83.3 Å². The van der Waals surface area contributed by atoms with Gasteiger partial charge in [-0.2, -0.15) is 9.98 Å². The normalized spacial score (nSPS) is 14.8. The number of fused-ring (bicyclic) bond motifs is 1. The van der Waals surface area contributed by atoms with Gasteiger partial charge in [-0.1, -0.05) is 19.9 Å². The van der Waals surface area contributed by atoms with Crippen molar-refractivity contribution in [1.82, 2.24) is 5.32 Å². The van der Waals surface area contributed by atoms with Crippen LogP contribution in [0, 0.1) is 0 Å². The largest absolute Gasteiger partial charge is 0.488 e. The molecule has 0 unspecified atom stereocenters. The van der Waals surface area contributed by atoms with Gasteiger partial charge in [0.2, 0.25) is 0 Å². The number of benzene rings is 1. The van der Waals surface area contributed by atoms with E-state index in [-0.39, 0.29) is 6.61 Å². The van der Waals surface area contributed by atoms with Crippen molar-refractivity contribution in [2.75, 3.05) is 13.2 Å². The summed E-state index contributed by atoms with van der Waals surface area (Å²) in [6, 6.07) is 4.94. The van der Waals surface area contributed by atoms with Gasteiger partial charge in [0.15, 0.2) is 0 Å². The minimum absolute atomic E-state index is 0.139. The fourth-order valence-electron chi connectivity index (χ4n) is 1.67. The van der Waals surface area contributed by atoms with Crippen LogP contribution in [0.5, 0.6) is 5.75 Å². The Bertz CT molecular complexity index is 583. The van der Waals surface area contributed by atoms with Gasteiger partial charge in [-0.25, -0.2) is 4.79 Å². The van der Waals surface area contributed by atoms with E-state index in [1.54, 1.807) is 18.2 Å². The predicted octanol–water partition coefficient (Wildman–Crippen LogP) is -0.203. The molecule has 6 heteroatoms. The number of para-hydroxylation sites is 1. The Kier molecular flexibility index (Phi) is 4.24. The fourth-order valence-corrected chi connectivity index (χ4v) is 1.67. The Balaban J connectivity index is 1.99. The van der Waals surface area contributed by atoms with Gasteiger partial charge in [-0.05, 0) is 12.1 Å². The second-order valence-corrected chi connectivity index (χ2v) is 4.66. The van der Waals surface area contributed by atoms with Crippen molar-refractivity contribution < 1.29 is 14.6 Å². The van der Waals surface area contributed by atoms with E-state index in [4.69, 9.17) is 4.74 Å². The molecule has 0 fully saturated rings. The molecule has 19 heavy (non-hydrogen) atoms. The van der Waals surface area contributed by atoms with Gasteiger partial charge in [0, 0.05) is 12.6 Å². The molecule has 102 valence electrons. The number of ether oxygens (including phenoxy) is 1. The average Bonchev–Trinajstić information content (AvgIpc) is 2.74. The molecule has 1 aromatic rings. The number of aliphatic hydroxyl groups excluding tert-OH is 1. The maximum atomic E-state index is 11.1. The molecule has 1 heterocycles. The monoisotopic (exact) mass is 263 g/mol. The Labute approximate surface area is 110 Å². The second-order valence-electron chi connectivity index (χ2n) is 4.66. The molecule has 1 atom stereocenters. The molecule has 2 rings (SSSR count). The van der Waals surface area contributed by atoms with Crippen molar-refractivity contribution in [3.63, 3.8) is 0 Å². The number of nitrogens with zero attached hydrogens (tertiary/aromatic N) is 2. The minimum Gasteiger partial charge on any atom is -0.488 e. The number of amides is 2. The van der Waals surface area contributed by atoms with Gasteiger partial charge in [0.1, 0.15) is 23.8 Å². The lowest BCUT2D eigenvalue weighted by Gasteiger charge is -2.14. The number of carbonyl (C=O) groups excluding carboxylic acids is 1. The summed E-state index contributed by atoms with van der Waals surface area (Å²) in [5.41, 5.74) is 0. The summed E-state index contributed by atoms with van der Waals surface area (Å²) in [6.07, 6.45) is -0.618. The number of hydrogen-bond donors (Lipinski definition) is 2. The van der Waals surface area contributed by atoms with Crippen LogP contribution in [0.3, 0.4) is 0 Å². The van der Waals surface area contributed by atoms with E-state index < -0.39 is 12.1 Å². The first kappa shape index (κ1) is 13.6. The summed E-state index contributed by atoms with van der Waals surface area (Å²) in [6.45, 7) is 4.60. The zero-order valence-electron chi connectivity index (χ0n) is 11.0. The highest BCUT2D eigenvalue weighted by atomic mass is 16.5. The molecule has 0 radical (unpaired) electrons. The lowest BCUT2D eigenvalue weighted by atomic mass is 10.3. The molecule has 0 saturated heterocycles. The molecule has 2 amide bonds. The van der Waals surface area contributed by atoms with Crippen LogP contribution in [0.2, 0.25) is 0 Å². The highest BCUT2D eigenvalue weighted by Gasteiger charge is 2.11. The van der Waals surface area contributed by atoms with E-state index in [1.165, 1.54) is 0 Å². The van der Waals surface area contributed by atoms with Crippen LogP contribution in [0.15, 0.2) is 28.2 Å². The van der Waals surface area contributed by atoms with Crippen molar-refractivity contribution in [3.8, 4) is 5.75 Å². The van der Waals surface area contributed by atoms with Crippen LogP contribution in [-0.2, 0) is 0 Å². The number of aliphatic hydroxyl groups is 1. The third kappa shape index (κ3) is 3.59. The van der Waals surface area contributed by atoms with E-state index in [0.717, 1.165) is 0 Å². The average molecular weight is 263 g/mol. The standard InChI is InChI=1S/C13H17N3O3/c1-8(2)14-6-9(17)7-19-11-5-3-4-10-12(11)16-13(18)15-10/h3-5,8-9,14,17H,6-7H2,1-2H3/t9-/m0/s1. The van der Waals surface area contributed by atoms with Gasteiger partial charge in [-0.3, -0.25) is 0 Å². The van der Waals surface area contributed by atoms with Crippen LogP contribution < -0.4 is 20.8 Å². The number of nitrogens with one attached hydrogen (secondary N) is 1. The van der Waals surface area contributed by atoms with Crippen molar-refractivity contribution >= 4 is 6.03 Å². The van der Waals surface area contributed by atoms with Crippen LogP contribution in [-0.4, -0.2) is 36.4 Å². The lowest BCUT2D eigenvalue weighted by molar-refractivity contribution is 0.104. The molecule has 1 aromatic carbocycles. The maximum Gasteiger partial charge on any atom is 0.368 e. The number of hydrogen-bond acceptors (Lipinski definition) is 4. The quantitative estimate of drug-likeness (QED) is 0.744. The summed E-state index contributed by atoms with van der Waals surface area (Å²) in [5.74, 6) is 0.468. The van der Waals surface area contributed by atoms with E-state index in [0.29, 0.717) is 29.1 Å². The van der Waals surface area contributed by atoms with Crippen molar-refractivity contribution in [2.24, 2.45) is 9.98 Å². The van der Waals surface area contributed by atoms with E-state index in [1.807, 2.05) is 13.8 Å². The summed E-state index contributed by atoms with van der Waals surface area (Å²) < 4.78 is 5.50. The van der Waals surface area contributed by atoms with Gasteiger partial charge < -0.3 is 15.2 Å². The minimum atomic E-state index is -0.618. The van der Waals surface area contributed by atoms with E-state index in [9.17, 15) is 9.90 Å². The SMILES string of the molecule is CC(C)NC[C@H](O)COc1cccc2c1=NC(=O)N=2. The van der Waals surface area contributed by atoms with Crippen LogP contribution in [0.25, 0.3) is 0 Å². The summed E-state index contributed by atoms with van der Waals surface area (Å²) in [7, 11) is 0. The summed E-state index contributed by atoms with van der Waals surface area (Å²) in [5, 5.41) is 13.8. The first-order valence-electron chi connectivity index (χ1n) is 6.21. The van der Waals surface area contributed by atoms with Gasteiger partial charge in [-0.15, -0.1) is 0 Å². The summed E-state index contributed by atoms with van der Waals surface area (Å²) >= 11 is 0. The van der Waals surface area contributed by atoms with Crippen LogP contribution >= 0.6 is 0 Å². The number of urea groups is 1. The zero-order valence-corrected chi connectivity index (χ0v) is 11.0.